The van der Waals surface area contributed by atoms with Gasteiger partial charge in [0.1, 0.15) is 11.5 Å². The number of aromatic amines is 2. The number of ether oxygens (including phenoxy) is 1. The fourth-order valence-corrected chi connectivity index (χ4v) is 5.49. The van der Waals surface area contributed by atoms with Gasteiger partial charge in [0.15, 0.2) is 17.4 Å². The lowest BCUT2D eigenvalue weighted by molar-refractivity contribution is -0.135. The fourth-order valence-electron chi connectivity index (χ4n) is 5.49. The van der Waals surface area contributed by atoms with Gasteiger partial charge in [-0.15, -0.1) is 0 Å². The van der Waals surface area contributed by atoms with E-state index in [-0.39, 0.29) is 17.3 Å². The molecule has 204 valence electrons. The predicted octanol–water partition coefficient (Wildman–Crippen LogP) is 3.77. The Kier molecular flexibility index (Phi) is 6.56. The highest BCUT2D eigenvalue weighted by Gasteiger charge is 2.29. The monoisotopic (exact) mass is 536 g/mol. The highest BCUT2D eigenvalue weighted by atomic mass is 19.1. The number of phenolic OH excluding ortho intramolecular Hbond substituents is 1. The molecule has 1 unspecified atom stereocenters. The number of hydrogen-bond acceptors (Lipinski definition) is 6. The molecule has 2 aliphatic heterocycles. The molecule has 4 aromatic rings. The molecule has 2 aliphatic rings. The summed E-state index contributed by atoms with van der Waals surface area (Å²) in [6, 6.07) is 5.86. The molecule has 39 heavy (non-hydrogen) atoms. The zero-order valence-corrected chi connectivity index (χ0v) is 21.9. The first-order chi connectivity index (χ1) is 18.8. The second kappa shape index (κ2) is 10.0. The van der Waals surface area contributed by atoms with Crippen LogP contribution < -0.4 is 0 Å². The standard InChI is InChI=1S/C28H30F2N6O3/c1-3-16-10-24(37)19(29)11-18(16)17-8-20(30)26-22(9-17)33-34-27(26)28-31-21-4-5-36(12-23(21)32-28)25(38)13-35-6-7-39-14-15(35)2/h8-11,15,37H,3-7,12-14H2,1-2H3,(H,31,32)(H,33,34). The number of nitrogens with one attached hydrogen (secondary N) is 2. The second-order valence-electron chi connectivity index (χ2n) is 10.2. The van der Waals surface area contributed by atoms with E-state index < -0.39 is 17.4 Å². The summed E-state index contributed by atoms with van der Waals surface area (Å²) < 4.78 is 35.1. The Morgan fingerprint density at radius 2 is 2.05 bits per heavy atom. The lowest BCUT2D eigenvalue weighted by Gasteiger charge is -2.35. The largest absolute Gasteiger partial charge is 0.505 e. The third kappa shape index (κ3) is 4.65. The smallest absolute Gasteiger partial charge is 0.237 e. The van der Waals surface area contributed by atoms with Crippen molar-refractivity contribution in [1.29, 1.82) is 0 Å². The van der Waals surface area contributed by atoms with E-state index in [0.29, 0.717) is 79.4 Å². The second-order valence-corrected chi connectivity index (χ2v) is 10.2. The quantitative estimate of drug-likeness (QED) is 0.358. The van der Waals surface area contributed by atoms with Crippen LogP contribution in [0, 0.1) is 11.6 Å². The van der Waals surface area contributed by atoms with Crippen LogP contribution in [0.25, 0.3) is 33.5 Å². The van der Waals surface area contributed by atoms with Crippen LogP contribution in [0.5, 0.6) is 5.75 Å². The summed E-state index contributed by atoms with van der Waals surface area (Å²) in [4.78, 5) is 24.9. The van der Waals surface area contributed by atoms with Crippen molar-refractivity contribution in [3.05, 3.63) is 52.9 Å². The molecule has 1 saturated heterocycles. The van der Waals surface area contributed by atoms with E-state index in [1.165, 1.54) is 18.2 Å². The molecule has 9 nitrogen and oxygen atoms in total. The molecule has 0 radical (unpaired) electrons. The lowest BCUT2D eigenvalue weighted by atomic mass is 9.96. The Morgan fingerprint density at radius 3 is 2.85 bits per heavy atom. The molecule has 6 rings (SSSR count). The number of benzene rings is 2. The van der Waals surface area contributed by atoms with Gasteiger partial charge in [-0.2, -0.15) is 5.10 Å². The molecule has 4 heterocycles. The molecular formula is C28H30F2N6O3. The van der Waals surface area contributed by atoms with Crippen LogP contribution in [-0.2, 0) is 28.9 Å². The number of nitrogens with zero attached hydrogens (tertiary/aromatic N) is 4. The van der Waals surface area contributed by atoms with Gasteiger partial charge in [-0.3, -0.25) is 14.8 Å². The number of aromatic hydroxyl groups is 1. The maximum absolute atomic E-state index is 15.5. The Hall–Kier alpha value is -3.83. The van der Waals surface area contributed by atoms with Crippen LogP contribution in [0.3, 0.4) is 0 Å². The van der Waals surface area contributed by atoms with Crippen molar-refractivity contribution in [3.8, 4) is 28.4 Å². The molecule has 2 aromatic heterocycles. The summed E-state index contributed by atoms with van der Waals surface area (Å²) in [7, 11) is 0. The van der Waals surface area contributed by atoms with E-state index in [1.54, 1.807) is 6.07 Å². The molecule has 2 aromatic carbocycles. The van der Waals surface area contributed by atoms with Gasteiger partial charge in [0.2, 0.25) is 5.91 Å². The minimum Gasteiger partial charge on any atom is -0.505 e. The van der Waals surface area contributed by atoms with Crippen molar-refractivity contribution in [2.24, 2.45) is 0 Å². The number of carbonyl (C=O) groups excluding carboxylic acids is 1. The number of fused-ring (bicyclic) bond motifs is 2. The highest BCUT2D eigenvalue weighted by molar-refractivity contribution is 5.94. The minimum atomic E-state index is -0.763. The number of imidazole rings is 1. The summed E-state index contributed by atoms with van der Waals surface area (Å²) in [6.45, 7) is 7.24. The van der Waals surface area contributed by atoms with E-state index in [9.17, 15) is 14.3 Å². The van der Waals surface area contributed by atoms with Crippen molar-refractivity contribution in [1.82, 2.24) is 30.0 Å². The van der Waals surface area contributed by atoms with Gasteiger partial charge < -0.3 is 19.7 Å². The third-order valence-electron chi connectivity index (χ3n) is 7.74. The first-order valence-corrected chi connectivity index (χ1v) is 13.2. The van der Waals surface area contributed by atoms with Gasteiger partial charge in [0.25, 0.3) is 0 Å². The number of rotatable bonds is 5. The fraction of sp³-hybridized carbons (Fsp3) is 0.393. The van der Waals surface area contributed by atoms with Crippen molar-refractivity contribution < 1.29 is 23.4 Å². The van der Waals surface area contributed by atoms with Gasteiger partial charge in [-0.25, -0.2) is 13.8 Å². The maximum atomic E-state index is 15.5. The molecule has 11 heteroatoms. The number of morpholine rings is 1. The van der Waals surface area contributed by atoms with E-state index in [0.717, 1.165) is 17.9 Å². The van der Waals surface area contributed by atoms with Crippen molar-refractivity contribution in [3.63, 3.8) is 0 Å². The summed E-state index contributed by atoms with van der Waals surface area (Å²) in [6.07, 6.45) is 1.16. The maximum Gasteiger partial charge on any atom is 0.237 e. The van der Waals surface area contributed by atoms with Gasteiger partial charge in [-0.1, -0.05) is 6.92 Å². The van der Waals surface area contributed by atoms with E-state index in [1.807, 2.05) is 11.8 Å². The third-order valence-corrected chi connectivity index (χ3v) is 7.74. The zero-order chi connectivity index (χ0) is 27.3. The molecule has 0 saturated carbocycles. The van der Waals surface area contributed by atoms with Crippen LogP contribution in [0.15, 0.2) is 24.3 Å². The van der Waals surface area contributed by atoms with Crippen LogP contribution in [0.1, 0.15) is 30.8 Å². The van der Waals surface area contributed by atoms with E-state index >= 15 is 4.39 Å². The van der Waals surface area contributed by atoms with Crippen molar-refractivity contribution >= 4 is 16.8 Å². The molecule has 0 bridgehead atoms. The lowest BCUT2D eigenvalue weighted by Crippen LogP contribution is -2.49. The first kappa shape index (κ1) is 25.4. The topological polar surface area (TPSA) is 110 Å². The molecular weight excluding hydrogens is 506 g/mol. The number of aromatic nitrogens is 4. The number of amides is 1. The number of carbonyl (C=O) groups is 1. The summed E-state index contributed by atoms with van der Waals surface area (Å²) in [5.74, 6) is -1.23. The average Bonchev–Trinajstić information content (AvgIpc) is 3.55. The number of aryl methyl sites for hydroxylation is 1. The zero-order valence-electron chi connectivity index (χ0n) is 21.9. The molecule has 1 atom stereocenters. The van der Waals surface area contributed by atoms with Gasteiger partial charge >= 0.3 is 0 Å². The SMILES string of the molecule is CCc1cc(O)c(F)cc1-c1cc(F)c2c(-c3nc4c([nH]3)CCN(C(=O)CN3CCOCC3C)C4)n[nH]c2c1. The number of phenols is 1. The Morgan fingerprint density at radius 1 is 1.21 bits per heavy atom. The highest BCUT2D eigenvalue weighted by Crippen LogP contribution is 2.35. The van der Waals surface area contributed by atoms with Crippen LogP contribution in [-0.4, -0.2) is 79.9 Å². The predicted molar refractivity (Wildman–Crippen MR) is 141 cm³/mol. The molecule has 0 aliphatic carbocycles. The Balaban J connectivity index is 1.26. The molecule has 1 fully saturated rings. The van der Waals surface area contributed by atoms with Crippen LogP contribution in [0.2, 0.25) is 0 Å². The first-order valence-electron chi connectivity index (χ1n) is 13.2. The van der Waals surface area contributed by atoms with Crippen molar-refractivity contribution in [2.45, 2.75) is 39.3 Å². The normalized spacial score (nSPS) is 18.1. The molecule has 3 N–H and O–H groups in total. The van der Waals surface area contributed by atoms with Gasteiger partial charge in [-0.05, 0) is 54.3 Å². The number of halogens is 2. The Labute approximate surface area is 223 Å². The van der Waals surface area contributed by atoms with E-state index in [2.05, 4.69) is 27.0 Å². The molecule has 1 amide bonds. The van der Waals surface area contributed by atoms with Gasteiger partial charge in [0.05, 0.1) is 42.9 Å². The number of H-pyrrole nitrogens is 2. The van der Waals surface area contributed by atoms with Crippen LogP contribution >= 0.6 is 0 Å². The summed E-state index contributed by atoms with van der Waals surface area (Å²) >= 11 is 0. The molecule has 0 spiro atoms. The Bertz CT molecular complexity index is 1560. The average molecular weight is 537 g/mol. The summed E-state index contributed by atoms with van der Waals surface area (Å²) in [5.41, 5.74) is 4.14. The minimum absolute atomic E-state index is 0.0554. The number of hydrogen-bond donors (Lipinski definition) is 3. The van der Waals surface area contributed by atoms with Gasteiger partial charge in [0, 0.05) is 31.2 Å². The van der Waals surface area contributed by atoms with Crippen molar-refractivity contribution in [2.75, 3.05) is 32.8 Å². The summed E-state index contributed by atoms with van der Waals surface area (Å²) in [5, 5.41) is 17.3. The van der Waals surface area contributed by atoms with E-state index in [4.69, 9.17) is 9.72 Å². The van der Waals surface area contributed by atoms with Crippen LogP contribution in [0.4, 0.5) is 8.78 Å².